The summed E-state index contributed by atoms with van der Waals surface area (Å²) in [7, 11) is -3.47. The Morgan fingerprint density at radius 1 is 1.19 bits per heavy atom. The summed E-state index contributed by atoms with van der Waals surface area (Å²) in [5.41, 5.74) is 1.44. The lowest BCUT2D eigenvalue weighted by atomic mass is 10.2. The zero-order valence-corrected chi connectivity index (χ0v) is 15.8. The molecule has 1 aromatic heterocycles. The summed E-state index contributed by atoms with van der Waals surface area (Å²) in [6.45, 7) is 1.29. The van der Waals surface area contributed by atoms with Crippen molar-refractivity contribution in [3.8, 4) is 0 Å². The maximum absolute atomic E-state index is 11.9. The van der Waals surface area contributed by atoms with E-state index >= 15 is 0 Å². The van der Waals surface area contributed by atoms with Crippen LogP contribution in [0.3, 0.4) is 0 Å². The molecule has 0 spiro atoms. The van der Waals surface area contributed by atoms with Gasteiger partial charge in [-0.15, -0.1) is 5.10 Å². The lowest BCUT2D eigenvalue weighted by molar-refractivity contribution is -0.144. The third-order valence-electron chi connectivity index (χ3n) is 4.05. The molecule has 3 rings (SSSR count). The molecule has 0 amide bonds. The van der Waals surface area contributed by atoms with Gasteiger partial charge in [-0.3, -0.25) is 8.98 Å². The SMILES string of the molecule is CS(=O)(=O)OC1CCN(c2ccc(CC(=O)OCc3ccccc3)nn2)C1. The molecule has 1 saturated heterocycles. The fourth-order valence-corrected chi connectivity index (χ4v) is 3.47. The zero-order valence-electron chi connectivity index (χ0n) is 14.9. The summed E-state index contributed by atoms with van der Waals surface area (Å²) in [6, 6.07) is 12.9. The molecule has 0 N–H and O–H groups in total. The van der Waals surface area contributed by atoms with Gasteiger partial charge in [-0.1, -0.05) is 30.3 Å². The Kier molecular flexibility index (Phi) is 6.02. The van der Waals surface area contributed by atoms with E-state index in [1.165, 1.54) is 0 Å². The van der Waals surface area contributed by atoms with E-state index in [9.17, 15) is 13.2 Å². The lowest BCUT2D eigenvalue weighted by Crippen LogP contribution is -2.25. The van der Waals surface area contributed by atoms with Gasteiger partial charge in [0.1, 0.15) is 6.61 Å². The van der Waals surface area contributed by atoms with Crippen LogP contribution in [0.5, 0.6) is 0 Å². The van der Waals surface area contributed by atoms with Gasteiger partial charge in [-0.05, 0) is 24.1 Å². The topological polar surface area (TPSA) is 98.7 Å². The number of aromatic nitrogens is 2. The van der Waals surface area contributed by atoms with E-state index in [2.05, 4.69) is 10.2 Å². The second kappa shape index (κ2) is 8.45. The third-order valence-corrected chi connectivity index (χ3v) is 4.68. The van der Waals surface area contributed by atoms with Crippen LogP contribution in [0.25, 0.3) is 0 Å². The second-order valence-corrected chi connectivity index (χ2v) is 7.96. The Morgan fingerprint density at radius 3 is 2.63 bits per heavy atom. The molecular weight excluding hydrogens is 370 g/mol. The maximum Gasteiger partial charge on any atom is 0.312 e. The molecule has 144 valence electrons. The normalized spacial score (nSPS) is 17.1. The number of ether oxygens (including phenoxy) is 1. The smallest absolute Gasteiger partial charge is 0.312 e. The number of benzene rings is 1. The number of rotatable bonds is 7. The van der Waals surface area contributed by atoms with Crippen molar-refractivity contribution in [2.45, 2.75) is 25.6 Å². The standard InChI is InChI=1S/C18H21N3O5S/c1-27(23,24)26-16-9-10-21(12-16)17-8-7-15(19-20-17)11-18(22)25-13-14-5-3-2-4-6-14/h2-8,16H,9-13H2,1H3. The second-order valence-electron chi connectivity index (χ2n) is 6.36. The average Bonchev–Trinajstić information content (AvgIpc) is 3.08. The number of esters is 1. The van der Waals surface area contributed by atoms with Crippen LogP contribution in [0.2, 0.25) is 0 Å². The van der Waals surface area contributed by atoms with Crippen molar-refractivity contribution in [2.24, 2.45) is 0 Å². The fourth-order valence-electron chi connectivity index (χ4n) is 2.81. The van der Waals surface area contributed by atoms with Crippen LogP contribution in [-0.2, 0) is 36.9 Å². The van der Waals surface area contributed by atoms with Gasteiger partial charge in [0.15, 0.2) is 5.82 Å². The van der Waals surface area contributed by atoms with Gasteiger partial charge in [-0.25, -0.2) is 0 Å². The molecule has 1 aliphatic rings. The first-order valence-electron chi connectivity index (χ1n) is 8.54. The quantitative estimate of drug-likeness (QED) is 0.515. The number of nitrogens with zero attached hydrogens (tertiary/aromatic N) is 3. The van der Waals surface area contributed by atoms with E-state index in [1.807, 2.05) is 35.2 Å². The van der Waals surface area contributed by atoms with Crippen LogP contribution < -0.4 is 4.90 Å². The predicted octanol–water partition coefficient (Wildman–Crippen LogP) is 1.32. The minimum atomic E-state index is -3.47. The maximum atomic E-state index is 11.9. The van der Waals surface area contributed by atoms with Crippen LogP contribution in [0.1, 0.15) is 17.7 Å². The number of carbonyl (C=O) groups is 1. The molecule has 9 heteroatoms. The molecule has 0 radical (unpaired) electrons. The minimum Gasteiger partial charge on any atom is -0.461 e. The third kappa shape index (κ3) is 6.00. The lowest BCUT2D eigenvalue weighted by Gasteiger charge is -2.16. The van der Waals surface area contributed by atoms with Crippen LogP contribution in [0.15, 0.2) is 42.5 Å². The highest BCUT2D eigenvalue weighted by molar-refractivity contribution is 7.86. The summed E-state index contributed by atoms with van der Waals surface area (Å²) in [5, 5.41) is 8.19. The van der Waals surface area contributed by atoms with Crippen LogP contribution >= 0.6 is 0 Å². The molecule has 2 aromatic rings. The Bertz CT molecular complexity index is 872. The molecule has 27 heavy (non-hydrogen) atoms. The van der Waals surface area contributed by atoms with Crippen LogP contribution in [0, 0.1) is 0 Å². The van der Waals surface area contributed by atoms with E-state index in [0.29, 0.717) is 31.0 Å². The minimum absolute atomic E-state index is 0.0416. The van der Waals surface area contributed by atoms with Gasteiger partial charge < -0.3 is 9.64 Å². The Hall–Kier alpha value is -2.52. The molecule has 1 fully saturated rings. The molecular formula is C18H21N3O5S. The van der Waals surface area contributed by atoms with Crippen molar-refractivity contribution < 1.29 is 22.1 Å². The van der Waals surface area contributed by atoms with Gasteiger partial charge in [0.05, 0.1) is 24.5 Å². The molecule has 0 bridgehead atoms. The highest BCUT2D eigenvalue weighted by Gasteiger charge is 2.27. The van der Waals surface area contributed by atoms with Gasteiger partial charge in [0, 0.05) is 13.1 Å². The summed E-state index contributed by atoms with van der Waals surface area (Å²) >= 11 is 0. The van der Waals surface area contributed by atoms with E-state index in [0.717, 1.165) is 11.8 Å². The van der Waals surface area contributed by atoms with Crippen molar-refractivity contribution in [3.05, 3.63) is 53.7 Å². The highest BCUT2D eigenvalue weighted by Crippen LogP contribution is 2.20. The largest absolute Gasteiger partial charge is 0.461 e. The number of hydrogen-bond acceptors (Lipinski definition) is 8. The zero-order chi connectivity index (χ0) is 19.3. The first-order chi connectivity index (χ1) is 12.9. The van der Waals surface area contributed by atoms with Crippen LogP contribution in [-0.4, -0.2) is 50.0 Å². The molecule has 0 aliphatic carbocycles. The van der Waals surface area contributed by atoms with E-state index in [-0.39, 0.29) is 25.1 Å². The summed E-state index contributed by atoms with van der Waals surface area (Å²) in [5.74, 6) is 0.250. The van der Waals surface area contributed by atoms with Gasteiger partial charge in [0.2, 0.25) is 0 Å². The monoisotopic (exact) mass is 391 g/mol. The predicted molar refractivity (Wildman–Crippen MR) is 98.5 cm³/mol. The van der Waals surface area contributed by atoms with E-state index < -0.39 is 10.1 Å². The summed E-state index contributed by atoms with van der Waals surface area (Å²) in [6.07, 6.45) is 1.30. The molecule has 0 saturated carbocycles. The first kappa shape index (κ1) is 19.2. The van der Waals surface area contributed by atoms with Crippen LogP contribution in [0.4, 0.5) is 5.82 Å². The van der Waals surface area contributed by atoms with Crippen molar-refractivity contribution in [1.82, 2.24) is 10.2 Å². The Morgan fingerprint density at radius 2 is 1.96 bits per heavy atom. The summed E-state index contributed by atoms with van der Waals surface area (Å²) < 4.78 is 32.7. The molecule has 1 aliphatic heterocycles. The Balaban J connectivity index is 1.49. The molecule has 2 heterocycles. The van der Waals surface area contributed by atoms with Gasteiger partial charge in [-0.2, -0.15) is 13.5 Å². The molecule has 8 nitrogen and oxygen atoms in total. The number of anilines is 1. The Labute approximate surface area is 158 Å². The number of carbonyl (C=O) groups excluding carboxylic acids is 1. The highest BCUT2D eigenvalue weighted by atomic mass is 32.2. The van der Waals surface area contributed by atoms with Crippen molar-refractivity contribution in [2.75, 3.05) is 24.2 Å². The molecule has 1 unspecified atom stereocenters. The molecule has 1 aromatic carbocycles. The van der Waals surface area contributed by atoms with E-state index in [4.69, 9.17) is 8.92 Å². The van der Waals surface area contributed by atoms with Crippen molar-refractivity contribution in [1.29, 1.82) is 0 Å². The van der Waals surface area contributed by atoms with Crippen molar-refractivity contribution >= 4 is 21.9 Å². The van der Waals surface area contributed by atoms with Crippen molar-refractivity contribution in [3.63, 3.8) is 0 Å². The average molecular weight is 391 g/mol. The fraction of sp³-hybridized carbons (Fsp3) is 0.389. The summed E-state index contributed by atoms with van der Waals surface area (Å²) in [4.78, 5) is 13.8. The van der Waals surface area contributed by atoms with Gasteiger partial charge in [0.25, 0.3) is 10.1 Å². The van der Waals surface area contributed by atoms with E-state index in [1.54, 1.807) is 12.1 Å². The molecule has 1 atom stereocenters. The van der Waals surface area contributed by atoms with Gasteiger partial charge >= 0.3 is 5.97 Å². The number of hydrogen-bond donors (Lipinski definition) is 0. The first-order valence-corrected chi connectivity index (χ1v) is 10.4.